The Bertz CT molecular complexity index is 611. The minimum Gasteiger partial charge on any atom is -0.383 e. The van der Waals surface area contributed by atoms with Crippen LogP contribution in [-0.2, 0) is 9.47 Å². The smallest absolute Gasteiger partial charge is 0.254 e. The van der Waals surface area contributed by atoms with Crippen LogP contribution in [0.3, 0.4) is 0 Å². The third-order valence-electron chi connectivity index (χ3n) is 6.15. The van der Waals surface area contributed by atoms with Crippen LogP contribution in [0.25, 0.3) is 0 Å². The molecule has 0 aromatic heterocycles. The molecule has 2 fully saturated rings. The molecule has 1 aromatic carbocycles. The van der Waals surface area contributed by atoms with E-state index in [1.807, 2.05) is 36.1 Å². The third kappa shape index (κ3) is 4.11. The van der Waals surface area contributed by atoms with Crippen LogP contribution in [-0.4, -0.2) is 75.4 Å². The van der Waals surface area contributed by atoms with Gasteiger partial charge in [-0.05, 0) is 43.2 Å². The lowest BCUT2D eigenvalue weighted by Crippen LogP contribution is -2.44. The van der Waals surface area contributed by atoms with Gasteiger partial charge in [0, 0.05) is 52.0 Å². The van der Waals surface area contributed by atoms with E-state index in [4.69, 9.17) is 9.47 Å². The molecule has 2 aliphatic heterocycles. The van der Waals surface area contributed by atoms with Crippen LogP contribution in [0.5, 0.6) is 0 Å². The van der Waals surface area contributed by atoms with Gasteiger partial charge in [0.25, 0.3) is 5.91 Å². The van der Waals surface area contributed by atoms with Gasteiger partial charge in [-0.3, -0.25) is 9.69 Å². The van der Waals surface area contributed by atoms with E-state index in [0.29, 0.717) is 11.5 Å². The molecule has 5 nitrogen and oxygen atoms in total. The second-order valence-corrected chi connectivity index (χ2v) is 7.88. The van der Waals surface area contributed by atoms with Crippen molar-refractivity contribution in [3.63, 3.8) is 0 Å². The molecule has 2 saturated heterocycles. The molecule has 1 atom stereocenters. The largest absolute Gasteiger partial charge is 0.383 e. The third-order valence-corrected chi connectivity index (χ3v) is 6.15. The van der Waals surface area contributed by atoms with Crippen LogP contribution < -0.4 is 0 Å². The lowest BCUT2D eigenvalue weighted by Gasteiger charge is -2.39. The van der Waals surface area contributed by atoms with E-state index >= 15 is 0 Å². The van der Waals surface area contributed by atoms with Crippen molar-refractivity contribution in [3.05, 3.63) is 35.4 Å². The molecule has 1 aromatic rings. The molecular formula is C21H32N2O3. The maximum atomic E-state index is 12.9. The summed E-state index contributed by atoms with van der Waals surface area (Å²) in [5.41, 5.74) is 2.22. The monoisotopic (exact) mass is 360 g/mol. The summed E-state index contributed by atoms with van der Waals surface area (Å²) < 4.78 is 10.7. The quantitative estimate of drug-likeness (QED) is 0.782. The van der Waals surface area contributed by atoms with Crippen molar-refractivity contribution in [1.82, 2.24) is 9.80 Å². The Hall–Kier alpha value is -1.43. The Morgan fingerprint density at radius 3 is 2.58 bits per heavy atom. The number of methoxy groups -OCH3 is 2. The minimum atomic E-state index is 0.181. The molecule has 0 bridgehead atoms. The van der Waals surface area contributed by atoms with Crippen molar-refractivity contribution >= 4 is 5.91 Å². The number of aryl methyl sites for hydroxylation is 1. The first kappa shape index (κ1) is 19.3. The van der Waals surface area contributed by atoms with Crippen molar-refractivity contribution < 1.29 is 14.3 Å². The molecule has 1 spiro atoms. The molecule has 0 aliphatic carbocycles. The zero-order chi connectivity index (χ0) is 18.6. The fourth-order valence-corrected chi connectivity index (χ4v) is 4.61. The van der Waals surface area contributed by atoms with Gasteiger partial charge in [0.2, 0.25) is 0 Å². The average molecular weight is 360 g/mol. The molecule has 0 unspecified atom stereocenters. The molecule has 5 heteroatoms. The van der Waals surface area contributed by atoms with Gasteiger partial charge in [-0.2, -0.15) is 0 Å². The molecule has 3 rings (SSSR count). The second kappa shape index (κ2) is 8.51. The van der Waals surface area contributed by atoms with Crippen LogP contribution in [0, 0.1) is 12.3 Å². The van der Waals surface area contributed by atoms with E-state index in [1.54, 1.807) is 14.2 Å². The van der Waals surface area contributed by atoms with Crippen molar-refractivity contribution in [3.8, 4) is 0 Å². The number of carbonyl (C=O) groups excluding carboxylic acids is 1. The molecular weight excluding hydrogens is 328 g/mol. The van der Waals surface area contributed by atoms with Crippen LogP contribution >= 0.6 is 0 Å². The second-order valence-electron chi connectivity index (χ2n) is 7.88. The Labute approximate surface area is 157 Å². The average Bonchev–Trinajstić information content (AvgIpc) is 2.98. The number of likely N-dealkylation sites (tertiary alicyclic amines) is 2. The number of carbonyl (C=O) groups is 1. The van der Waals surface area contributed by atoms with Crippen LogP contribution in [0.4, 0.5) is 0 Å². The first-order chi connectivity index (χ1) is 12.6. The molecule has 144 valence electrons. The van der Waals surface area contributed by atoms with Crippen molar-refractivity contribution in [2.45, 2.75) is 32.2 Å². The molecule has 1 amide bonds. The summed E-state index contributed by atoms with van der Waals surface area (Å²) in [6.07, 6.45) is 3.32. The van der Waals surface area contributed by atoms with E-state index < -0.39 is 0 Å². The number of benzene rings is 1. The molecule has 0 saturated carbocycles. The van der Waals surface area contributed by atoms with E-state index in [2.05, 4.69) is 4.90 Å². The molecule has 2 heterocycles. The number of hydrogen-bond acceptors (Lipinski definition) is 4. The number of ether oxygens (including phenoxy) is 2. The number of rotatable bonds is 6. The highest BCUT2D eigenvalue weighted by Crippen LogP contribution is 2.43. The fraction of sp³-hybridized carbons (Fsp3) is 0.667. The van der Waals surface area contributed by atoms with Crippen molar-refractivity contribution in [2.24, 2.45) is 5.41 Å². The summed E-state index contributed by atoms with van der Waals surface area (Å²) >= 11 is 0. The highest BCUT2D eigenvalue weighted by atomic mass is 16.5. The van der Waals surface area contributed by atoms with Gasteiger partial charge in [0.05, 0.1) is 13.2 Å². The van der Waals surface area contributed by atoms with Gasteiger partial charge in [-0.1, -0.05) is 18.2 Å². The molecule has 26 heavy (non-hydrogen) atoms. The summed E-state index contributed by atoms with van der Waals surface area (Å²) in [6.45, 7) is 7.30. The van der Waals surface area contributed by atoms with E-state index in [0.717, 1.165) is 69.8 Å². The lowest BCUT2D eigenvalue weighted by molar-refractivity contribution is 0.0581. The summed E-state index contributed by atoms with van der Waals surface area (Å²) in [7, 11) is 3.54. The normalized spacial score (nSPS) is 22.9. The predicted octanol–water partition coefficient (Wildman–Crippen LogP) is 2.58. The standard InChI is InChI=1S/C21H32N2O3/c1-17-6-4-5-7-19(17)20(24)22-10-8-21(9-11-22)14-18(15-26-3)23(16-21)12-13-25-2/h4-7,18H,8-16H2,1-3H3/t18-/m0/s1. The fourth-order valence-electron chi connectivity index (χ4n) is 4.61. The molecule has 0 radical (unpaired) electrons. The van der Waals surface area contributed by atoms with Crippen molar-refractivity contribution in [2.75, 3.05) is 53.6 Å². The summed E-state index contributed by atoms with van der Waals surface area (Å²) in [5.74, 6) is 0.181. The van der Waals surface area contributed by atoms with Gasteiger partial charge < -0.3 is 14.4 Å². The van der Waals surface area contributed by atoms with Gasteiger partial charge in [-0.25, -0.2) is 0 Å². The van der Waals surface area contributed by atoms with Crippen LogP contribution in [0.2, 0.25) is 0 Å². The van der Waals surface area contributed by atoms with Gasteiger partial charge in [-0.15, -0.1) is 0 Å². The summed E-state index contributed by atoms with van der Waals surface area (Å²) in [4.78, 5) is 17.4. The van der Waals surface area contributed by atoms with E-state index in [9.17, 15) is 4.79 Å². The minimum absolute atomic E-state index is 0.181. The summed E-state index contributed by atoms with van der Waals surface area (Å²) in [6, 6.07) is 8.36. The molecule has 0 N–H and O–H groups in total. The maximum absolute atomic E-state index is 12.9. The molecule has 2 aliphatic rings. The first-order valence-electron chi connectivity index (χ1n) is 9.65. The first-order valence-corrected chi connectivity index (χ1v) is 9.65. The SMILES string of the molecule is COCCN1CC2(CCN(C(=O)c3ccccc3C)CC2)C[C@H]1COC. The zero-order valence-electron chi connectivity index (χ0n) is 16.4. The van der Waals surface area contributed by atoms with Gasteiger partial charge in [0.1, 0.15) is 0 Å². The van der Waals surface area contributed by atoms with E-state index in [-0.39, 0.29) is 5.91 Å². The Morgan fingerprint density at radius 1 is 1.19 bits per heavy atom. The zero-order valence-corrected chi connectivity index (χ0v) is 16.4. The maximum Gasteiger partial charge on any atom is 0.254 e. The topological polar surface area (TPSA) is 42.0 Å². The number of nitrogens with zero attached hydrogens (tertiary/aromatic N) is 2. The predicted molar refractivity (Wildman–Crippen MR) is 102 cm³/mol. The Morgan fingerprint density at radius 2 is 1.92 bits per heavy atom. The lowest BCUT2D eigenvalue weighted by atomic mass is 9.76. The highest BCUT2D eigenvalue weighted by molar-refractivity contribution is 5.95. The number of piperidine rings is 1. The van der Waals surface area contributed by atoms with Gasteiger partial charge in [0.15, 0.2) is 0 Å². The highest BCUT2D eigenvalue weighted by Gasteiger charge is 2.45. The van der Waals surface area contributed by atoms with E-state index in [1.165, 1.54) is 0 Å². The summed E-state index contributed by atoms with van der Waals surface area (Å²) in [5, 5.41) is 0. The van der Waals surface area contributed by atoms with Crippen LogP contribution in [0.1, 0.15) is 35.2 Å². The van der Waals surface area contributed by atoms with Crippen LogP contribution in [0.15, 0.2) is 24.3 Å². The van der Waals surface area contributed by atoms with Gasteiger partial charge >= 0.3 is 0 Å². The number of amides is 1. The Balaban J connectivity index is 1.62. The van der Waals surface area contributed by atoms with Crippen molar-refractivity contribution in [1.29, 1.82) is 0 Å². The Kier molecular flexibility index (Phi) is 6.33. The number of hydrogen-bond donors (Lipinski definition) is 0.